The monoisotopic (exact) mass is 313 g/mol. The first kappa shape index (κ1) is 14.7. The van der Waals surface area contributed by atoms with Gasteiger partial charge < -0.3 is 19.1 Å². The average molecular weight is 313 g/mol. The number of hydrogen-bond acceptors (Lipinski definition) is 3. The van der Waals surface area contributed by atoms with Gasteiger partial charge in [0.2, 0.25) is 0 Å². The van der Waals surface area contributed by atoms with Crippen molar-refractivity contribution < 1.29 is 9.53 Å². The Morgan fingerprint density at radius 2 is 2.04 bits per heavy atom. The molecule has 23 heavy (non-hydrogen) atoms. The molecule has 0 spiro atoms. The molecule has 1 aromatic heterocycles. The summed E-state index contributed by atoms with van der Waals surface area (Å²) in [6.07, 6.45) is 2.21. The molecule has 0 aliphatic carbocycles. The molecule has 1 aromatic carbocycles. The van der Waals surface area contributed by atoms with Crippen LogP contribution in [0.15, 0.2) is 30.5 Å². The molecule has 3 heterocycles. The maximum Gasteiger partial charge on any atom is 0.253 e. The Morgan fingerprint density at radius 1 is 1.17 bits per heavy atom. The molecule has 0 unspecified atom stereocenters. The van der Waals surface area contributed by atoms with E-state index in [-0.39, 0.29) is 12.0 Å². The zero-order valence-corrected chi connectivity index (χ0v) is 13.7. The minimum Gasteiger partial charge on any atom is -0.375 e. The van der Waals surface area contributed by atoms with Crippen molar-refractivity contribution in [2.75, 3.05) is 39.8 Å². The lowest BCUT2D eigenvalue weighted by Crippen LogP contribution is -2.32. The van der Waals surface area contributed by atoms with Crippen LogP contribution < -0.4 is 0 Å². The molecule has 2 fully saturated rings. The zero-order chi connectivity index (χ0) is 16.0. The number of aromatic nitrogens is 1. The van der Waals surface area contributed by atoms with Crippen LogP contribution in [0.2, 0.25) is 0 Å². The Morgan fingerprint density at radius 3 is 2.91 bits per heavy atom. The lowest BCUT2D eigenvalue weighted by Gasteiger charge is -2.19. The first-order valence-corrected chi connectivity index (χ1v) is 8.26. The van der Waals surface area contributed by atoms with Gasteiger partial charge in [-0.15, -0.1) is 0 Å². The smallest absolute Gasteiger partial charge is 0.253 e. The number of nitrogens with zero attached hydrogens (tertiary/aromatic N) is 3. The fraction of sp³-hybridized carbons (Fsp3) is 0.500. The number of fused-ring (bicyclic) bond motifs is 2. The first-order valence-electron chi connectivity index (χ1n) is 8.26. The number of carbonyl (C=O) groups is 1. The van der Waals surface area contributed by atoms with Crippen molar-refractivity contribution in [3.8, 4) is 0 Å². The van der Waals surface area contributed by atoms with E-state index >= 15 is 0 Å². The van der Waals surface area contributed by atoms with Crippen molar-refractivity contribution in [3.63, 3.8) is 0 Å². The maximum atomic E-state index is 12.9. The van der Waals surface area contributed by atoms with E-state index in [1.54, 1.807) is 0 Å². The SMILES string of the molecule is CN1CCO[C@@H]2CN(C(=O)c3ccc4c(ccn4C)c3)C[C@@H]2C1. The number of benzene rings is 1. The van der Waals surface area contributed by atoms with Gasteiger partial charge in [0.1, 0.15) is 0 Å². The molecular formula is C18H23N3O2. The number of amides is 1. The molecule has 2 aliphatic heterocycles. The third-order valence-electron chi connectivity index (χ3n) is 5.15. The highest BCUT2D eigenvalue weighted by atomic mass is 16.5. The predicted molar refractivity (Wildman–Crippen MR) is 89.5 cm³/mol. The van der Waals surface area contributed by atoms with E-state index in [2.05, 4.69) is 22.6 Å². The normalized spacial score (nSPS) is 25.6. The largest absolute Gasteiger partial charge is 0.375 e. The fourth-order valence-corrected chi connectivity index (χ4v) is 3.82. The molecule has 0 radical (unpaired) electrons. The quantitative estimate of drug-likeness (QED) is 0.802. The molecule has 5 heteroatoms. The zero-order valence-electron chi connectivity index (χ0n) is 13.7. The third kappa shape index (κ3) is 2.64. The Hall–Kier alpha value is -1.85. The van der Waals surface area contributed by atoms with Crippen LogP contribution in [0.5, 0.6) is 0 Å². The van der Waals surface area contributed by atoms with Crippen LogP contribution in [-0.4, -0.2) is 66.2 Å². The van der Waals surface area contributed by atoms with Gasteiger partial charge in [0.15, 0.2) is 0 Å². The standard InChI is InChI=1S/C18H23N3O2/c1-19-7-8-23-17-12-21(11-15(17)10-19)18(22)14-3-4-16-13(9-14)5-6-20(16)2/h3-6,9,15,17H,7-8,10-12H2,1-2H3/t15-,17+/m0/s1. The summed E-state index contributed by atoms with van der Waals surface area (Å²) in [4.78, 5) is 17.1. The minimum absolute atomic E-state index is 0.120. The number of ether oxygens (including phenoxy) is 1. The molecule has 4 rings (SSSR count). The Bertz CT molecular complexity index is 739. The number of likely N-dealkylation sites (tertiary alicyclic amines) is 1. The van der Waals surface area contributed by atoms with Crippen LogP contribution in [0.25, 0.3) is 10.9 Å². The van der Waals surface area contributed by atoms with Gasteiger partial charge in [-0.25, -0.2) is 0 Å². The van der Waals surface area contributed by atoms with Crippen molar-refractivity contribution in [2.24, 2.45) is 13.0 Å². The van der Waals surface area contributed by atoms with E-state index in [0.29, 0.717) is 12.5 Å². The Balaban J connectivity index is 1.54. The number of hydrogen-bond donors (Lipinski definition) is 0. The van der Waals surface area contributed by atoms with Crippen molar-refractivity contribution >= 4 is 16.8 Å². The van der Waals surface area contributed by atoms with Gasteiger partial charge in [-0.2, -0.15) is 0 Å². The van der Waals surface area contributed by atoms with Crippen LogP contribution in [0.4, 0.5) is 0 Å². The third-order valence-corrected chi connectivity index (χ3v) is 5.15. The van der Waals surface area contributed by atoms with Crippen molar-refractivity contribution in [1.82, 2.24) is 14.4 Å². The second-order valence-corrected chi connectivity index (χ2v) is 6.84. The van der Waals surface area contributed by atoms with Crippen LogP contribution in [0, 0.1) is 5.92 Å². The lowest BCUT2D eigenvalue weighted by molar-refractivity contribution is 0.0487. The van der Waals surface area contributed by atoms with Crippen molar-refractivity contribution in [1.29, 1.82) is 0 Å². The molecule has 2 aromatic rings. The van der Waals surface area contributed by atoms with E-state index in [9.17, 15) is 4.79 Å². The molecule has 0 N–H and O–H groups in total. The van der Waals surface area contributed by atoms with Crippen LogP contribution in [0.1, 0.15) is 10.4 Å². The molecule has 2 aliphatic rings. The van der Waals surface area contributed by atoms with Gasteiger partial charge in [0.25, 0.3) is 5.91 Å². The maximum absolute atomic E-state index is 12.9. The minimum atomic E-state index is 0.120. The first-order chi connectivity index (χ1) is 11.1. The summed E-state index contributed by atoms with van der Waals surface area (Å²) in [5.74, 6) is 0.544. The summed E-state index contributed by atoms with van der Waals surface area (Å²) in [5, 5.41) is 1.11. The molecule has 5 nitrogen and oxygen atoms in total. The Kier molecular flexibility index (Phi) is 3.62. The van der Waals surface area contributed by atoms with E-state index < -0.39 is 0 Å². The Labute approximate surface area is 136 Å². The average Bonchev–Trinajstić information content (AvgIpc) is 3.06. The molecule has 122 valence electrons. The summed E-state index contributed by atoms with van der Waals surface area (Å²) in [6.45, 7) is 4.25. The summed E-state index contributed by atoms with van der Waals surface area (Å²) in [5.41, 5.74) is 1.92. The summed E-state index contributed by atoms with van der Waals surface area (Å²) in [7, 11) is 4.14. The molecule has 0 saturated carbocycles. The van der Waals surface area contributed by atoms with Gasteiger partial charge in [-0.3, -0.25) is 4.79 Å². The predicted octanol–water partition coefficient (Wildman–Crippen LogP) is 1.58. The van der Waals surface area contributed by atoms with Gasteiger partial charge in [0.05, 0.1) is 12.7 Å². The number of aryl methyl sites for hydroxylation is 1. The summed E-state index contributed by atoms with van der Waals surface area (Å²) >= 11 is 0. The molecular weight excluding hydrogens is 290 g/mol. The van der Waals surface area contributed by atoms with Crippen LogP contribution >= 0.6 is 0 Å². The van der Waals surface area contributed by atoms with Crippen molar-refractivity contribution in [2.45, 2.75) is 6.10 Å². The van der Waals surface area contributed by atoms with Gasteiger partial charge in [0, 0.05) is 61.8 Å². The summed E-state index contributed by atoms with van der Waals surface area (Å²) in [6, 6.07) is 8.02. The number of likely N-dealkylation sites (N-methyl/N-ethyl adjacent to an activating group) is 1. The van der Waals surface area contributed by atoms with Crippen molar-refractivity contribution in [3.05, 3.63) is 36.0 Å². The number of rotatable bonds is 1. The summed E-state index contributed by atoms with van der Waals surface area (Å²) < 4.78 is 8.02. The van der Waals surface area contributed by atoms with Gasteiger partial charge in [-0.05, 0) is 31.3 Å². The number of carbonyl (C=O) groups excluding carboxylic acids is 1. The van der Waals surface area contributed by atoms with Gasteiger partial charge >= 0.3 is 0 Å². The second-order valence-electron chi connectivity index (χ2n) is 6.84. The van der Waals surface area contributed by atoms with Crippen LogP contribution in [-0.2, 0) is 11.8 Å². The second kappa shape index (κ2) is 5.65. The molecule has 0 bridgehead atoms. The lowest BCUT2D eigenvalue weighted by atomic mass is 10.1. The van der Waals surface area contributed by atoms with E-state index in [0.717, 1.165) is 42.7 Å². The molecule has 1 amide bonds. The highest BCUT2D eigenvalue weighted by Gasteiger charge is 2.38. The fourth-order valence-electron chi connectivity index (χ4n) is 3.82. The highest BCUT2D eigenvalue weighted by Crippen LogP contribution is 2.25. The molecule has 2 saturated heterocycles. The van der Waals surface area contributed by atoms with E-state index in [1.165, 1.54) is 0 Å². The van der Waals surface area contributed by atoms with Crippen LogP contribution in [0.3, 0.4) is 0 Å². The molecule has 2 atom stereocenters. The van der Waals surface area contributed by atoms with Gasteiger partial charge in [-0.1, -0.05) is 0 Å². The van der Waals surface area contributed by atoms with E-state index in [4.69, 9.17) is 4.74 Å². The highest BCUT2D eigenvalue weighted by molar-refractivity contribution is 5.98. The topological polar surface area (TPSA) is 37.7 Å². The van der Waals surface area contributed by atoms with E-state index in [1.807, 2.05) is 36.3 Å².